The van der Waals surface area contributed by atoms with Gasteiger partial charge in [0.05, 0.1) is 5.02 Å². The molecule has 0 radical (unpaired) electrons. The number of nitrogens with zero attached hydrogens (tertiary/aromatic N) is 2. The molecule has 146 valence electrons. The summed E-state index contributed by atoms with van der Waals surface area (Å²) >= 11 is 6.06. The molecule has 2 fully saturated rings. The van der Waals surface area contributed by atoms with Gasteiger partial charge < -0.3 is 10.6 Å². The highest BCUT2D eigenvalue weighted by Gasteiger charge is 2.36. The quantitative estimate of drug-likeness (QED) is 0.697. The van der Waals surface area contributed by atoms with Crippen molar-refractivity contribution >= 4 is 45.2 Å². The first-order chi connectivity index (χ1) is 12.7. The monoisotopic (exact) mass is 414 g/mol. The molecule has 1 atom stereocenters. The van der Waals surface area contributed by atoms with Gasteiger partial charge in [-0.3, -0.25) is 14.5 Å². The number of anilines is 1. The van der Waals surface area contributed by atoms with Crippen LogP contribution in [0.1, 0.15) is 19.8 Å². The summed E-state index contributed by atoms with van der Waals surface area (Å²) in [5.74, 6) is -1.12. The number of hydrogen-bond acceptors (Lipinski definition) is 5. The van der Waals surface area contributed by atoms with E-state index in [9.17, 15) is 22.8 Å². The molecular formula is C16H19ClN4O5S. The number of sulfonamides is 1. The fourth-order valence-corrected chi connectivity index (χ4v) is 5.02. The van der Waals surface area contributed by atoms with Crippen LogP contribution in [0.25, 0.3) is 0 Å². The largest absolute Gasteiger partial charge is 0.326 e. The smallest absolute Gasteiger partial charge is 0.325 e. The number of rotatable bonds is 5. The highest BCUT2D eigenvalue weighted by Crippen LogP contribution is 2.29. The second-order valence-corrected chi connectivity index (χ2v) is 8.71. The molecule has 27 heavy (non-hydrogen) atoms. The Morgan fingerprint density at radius 2 is 1.96 bits per heavy atom. The van der Waals surface area contributed by atoms with Crippen molar-refractivity contribution in [1.29, 1.82) is 0 Å². The zero-order valence-corrected chi connectivity index (χ0v) is 16.1. The summed E-state index contributed by atoms with van der Waals surface area (Å²) in [4.78, 5) is 36.4. The van der Waals surface area contributed by atoms with Crippen molar-refractivity contribution in [3.63, 3.8) is 0 Å². The van der Waals surface area contributed by atoms with Gasteiger partial charge in [0.1, 0.15) is 17.5 Å². The van der Waals surface area contributed by atoms with Crippen LogP contribution in [0.2, 0.25) is 5.02 Å². The Hall–Kier alpha value is -2.17. The van der Waals surface area contributed by atoms with Crippen LogP contribution in [0.15, 0.2) is 23.1 Å². The molecule has 2 N–H and O–H groups in total. The van der Waals surface area contributed by atoms with Crippen molar-refractivity contribution in [3.05, 3.63) is 23.2 Å². The van der Waals surface area contributed by atoms with Crippen LogP contribution >= 0.6 is 11.6 Å². The number of carbonyl (C=O) groups excluding carboxylic acids is 3. The summed E-state index contributed by atoms with van der Waals surface area (Å²) in [6.07, 6.45) is 1.58. The number of urea groups is 1. The third-order valence-electron chi connectivity index (χ3n) is 4.42. The number of hydrogen-bond donors (Lipinski definition) is 2. The van der Waals surface area contributed by atoms with E-state index in [1.165, 1.54) is 29.4 Å². The lowest BCUT2D eigenvalue weighted by Gasteiger charge is -2.17. The molecule has 0 aliphatic carbocycles. The Morgan fingerprint density at radius 1 is 1.30 bits per heavy atom. The van der Waals surface area contributed by atoms with E-state index in [1.54, 1.807) is 0 Å². The summed E-state index contributed by atoms with van der Waals surface area (Å²) in [7, 11) is -3.75. The summed E-state index contributed by atoms with van der Waals surface area (Å²) in [5, 5.41) is 4.97. The van der Waals surface area contributed by atoms with Gasteiger partial charge in [-0.05, 0) is 38.0 Å². The Labute approximate surface area is 161 Å². The van der Waals surface area contributed by atoms with Crippen LogP contribution in [0.5, 0.6) is 0 Å². The Morgan fingerprint density at radius 3 is 2.56 bits per heavy atom. The van der Waals surface area contributed by atoms with Crippen molar-refractivity contribution in [2.45, 2.75) is 30.7 Å². The van der Waals surface area contributed by atoms with Gasteiger partial charge in [0, 0.05) is 18.8 Å². The SMILES string of the molecule is CC1NC(=O)N(CC(=O)Nc2ccc(Cl)c(S(=O)(=O)N3CCCC3)c2)C1=O. The van der Waals surface area contributed by atoms with Crippen molar-refractivity contribution < 1.29 is 22.8 Å². The van der Waals surface area contributed by atoms with Crippen LogP contribution in [0.3, 0.4) is 0 Å². The zero-order valence-electron chi connectivity index (χ0n) is 14.6. The molecular weight excluding hydrogens is 396 g/mol. The maximum atomic E-state index is 12.7. The van der Waals surface area contributed by atoms with Gasteiger partial charge in [-0.15, -0.1) is 0 Å². The van der Waals surface area contributed by atoms with Crippen LogP contribution in [-0.2, 0) is 19.6 Å². The minimum Gasteiger partial charge on any atom is -0.326 e. The van der Waals surface area contributed by atoms with Crippen LogP contribution < -0.4 is 10.6 Å². The van der Waals surface area contributed by atoms with E-state index < -0.39 is 40.5 Å². The third-order valence-corrected chi connectivity index (χ3v) is 6.80. The Bertz CT molecular complexity index is 898. The lowest BCUT2D eigenvalue weighted by Crippen LogP contribution is -2.38. The average Bonchev–Trinajstić information content (AvgIpc) is 3.22. The minimum atomic E-state index is -3.75. The maximum absolute atomic E-state index is 12.7. The lowest BCUT2D eigenvalue weighted by atomic mass is 10.3. The van der Waals surface area contributed by atoms with Crippen molar-refractivity contribution in [1.82, 2.24) is 14.5 Å². The third kappa shape index (κ3) is 3.92. The van der Waals surface area contributed by atoms with Gasteiger partial charge >= 0.3 is 6.03 Å². The number of imide groups is 1. The zero-order chi connectivity index (χ0) is 19.8. The normalized spacial score (nSPS) is 20.8. The van der Waals surface area contributed by atoms with Gasteiger partial charge in [0.15, 0.2) is 0 Å². The highest BCUT2D eigenvalue weighted by molar-refractivity contribution is 7.89. The van der Waals surface area contributed by atoms with E-state index in [0.29, 0.717) is 13.1 Å². The molecule has 2 saturated heterocycles. The maximum Gasteiger partial charge on any atom is 0.325 e. The molecule has 2 aliphatic heterocycles. The molecule has 4 amide bonds. The molecule has 1 unspecified atom stereocenters. The predicted molar refractivity (Wildman–Crippen MR) is 97.8 cm³/mol. The molecule has 1 aromatic rings. The highest BCUT2D eigenvalue weighted by atomic mass is 35.5. The second-order valence-electron chi connectivity index (χ2n) is 6.40. The van der Waals surface area contributed by atoms with Gasteiger partial charge in [-0.1, -0.05) is 11.6 Å². The van der Waals surface area contributed by atoms with Gasteiger partial charge in [0.2, 0.25) is 15.9 Å². The van der Waals surface area contributed by atoms with Crippen LogP contribution in [0.4, 0.5) is 10.5 Å². The first kappa shape index (κ1) is 19.6. The molecule has 0 bridgehead atoms. The molecule has 0 spiro atoms. The van der Waals surface area contributed by atoms with Crippen molar-refractivity contribution in [3.8, 4) is 0 Å². The summed E-state index contributed by atoms with van der Waals surface area (Å²) in [6, 6.07) is 2.80. The fraction of sp³-hybridized carbons (Fsp3) is 0.438. The summed E-state index contributed by atoms with van der Waals surface area (Å²) in [6.45, 7) is 1.91. The summed E-state index contributed by atoms with van der Waals surface area (Å²) in [5.41, 5.74) is 0.210. The van der Waals surface area contributed by atoms with Crippen LogP contribution in [0, 0.1) is 0 Å². The van der Waals surface area contributed by atoms with E-state index in [0.717, 1.165) is 17.7 Å². The first-order valence-corrected chi connectivity index (χ1v) is 10.2. The van der Waals surface area contributed by atoms with Crippen molar-refractivity contribution in [2.75, 3.05) is 25.0 Å². The van der Waals surface area contributed by atoms with Gasteiger partial charge in [-0.25, -0.2) is 13.2 Å². The topological polar surface area (TPSA) is 116 Å². The van der Waals surface area contributed by atoms with Gasteiger partial charge in [0.25, 0.3) is 5.91 Å². The Kier molecular flexibility index (Phi) is 5.41. The molecule has 0 aromatic heterocycles. The number of nitrogens with one attached hydrogen (secondary N) is 2. The fourth-order valence-electron chi connectivity index (χ4n) is 3.00. The van der Waals surface area contributed by atoms with Gasteiger partial charge in [-0.2, -0.15) is 4.31 Å². The molecule has 2 aliphatic rings. The number of amides is 4. The standard InChI is InChI=1S/C16H19ClN4O5S/c1-10-15(23)21(16(24)18-10)9-14(22)19-11-4-5-12(17)13(8-11)27(25,26)20-6-2-3-7-20/h4-5,8,10H,2-3,6-7,9H2,1H3,(H,18,24)(H,19,22). The number of benzene rings is 1. The summed E-state index contributed by atoms with van der Waals surface area (Å²) < 4.78 is 26.8. The molecule has 0 saturated carbocycles. The second kappa shape index (κ2) is 7.45. The van der Waals surface area contributed by atoms with E-state index in [4.69, 9.17) is 11.6 Å². The van der Waals surface area contributed by atoms with Crippen LogP contribution in [-0.4, -0.2) is 61.1 Å². The van der Waals surface area contributed by atoms with E-state index in [2.05, 4.69) is 10.6 Å². The minimum absolute atomic E-state index is 0.0582. The average molecular weight is 415 g/mol. The van der Waals surface area contributed by atoms with E-state index in [1.807, 2.05) is 0 Å². The lowest BCUT2D eigenvalue weighted by molar-refractivity contribution is -0.130. The number of halogens is 1. The molecule has 2 heterocycles. The molecule has 1 aromatic carbocycles. The van der Waals surface area contributed by atoms with E-state index >= 15 is 0 Å². The van der Waals surface area contributed by atoms with Crippen molar-refractivity contribution in [2.24, 2.45) is 0 Å². The van der Waals surface area contributed by atoms with E-state index in [-0.39, 0.29) is 15.6 Å². The molecule has 9 nitrogen and oxygen atoms in total. The predicted octanol–water partition coefficient (Wildman–Crippen LogP) is 1.00. The molecule has 3 rings (SSSR count). The first-order valence-electron chi connectivity index (χ1n) is 8.41. The number of carbonyl (C=O) groups is 3. The Balaban J connectivity index is 1.75. The molecule has 11 heteroatoms.